The van der Waals surface area contributed by atoms with Crippen molar-refractivity contribution in [3.8, 4) is 0 Å². The second kappa shape index (κ2) is 3.62. The topological polar surface area (TPSA) is 50.2 Å². The third-order valence-corrected chi connectivity index (χ3v) is 3.17. The molecule has 1 N–H and O–H groups in total. The highest BCUT2D eigenvalue weighted by Crippen LogP contribution is 2.26. The summed E-state index contributed by atoms with van der Waals surface area (Å²) in [6, 6.07) is 5.83. The summed E-state index contributed by atoms with van der Waals surface area (Å²) in [4.78, 5) is 10.8. The second-order valence-corrected chi connectivity index (χ2v) is 4.55. The molecule has 3 nitrogen and oxygen atoms in total. The molecule has 0 aliphatic heterocycles. The normalized spacial score (nSPS) is 11.1. The van der Waals surface area contributed by atoms with Crippen molar-refractivity contribution < 1.29 is 9.90 Å². The van der Waals surface area contributed by atoms with Crippen LogP contribution < -0.4 is 0 Å². The molecular weight excluding hydrogens is 210 g/mol. The first-order valence-corrected chi connectivity index (χ1v) is 5.49. The number of carboxylic acids is 1. The van der Waals surface area contributed by atoms with Crippen molar-refractivity contribution >= 4 is 27.6 Å². The van der Waals surface area contributed by atoms with Crippen molar-refractivity contribution in [1.29, 1.82) is 0 Å². The van der Waals surface area contributed by atoms with Gasteiger partial charge in [-0.25, -0.2) is 4.79 Å². The maximum atomic E-state index is 10.8. The van der Waals surface area contributed by atoms with E-state index in [9.17, 15) is 4.79 Å². The molecule has 0 fully saturated rings. The van der Waals surface area contributed by atoms with Gasteiger partial charge in [0, 0.05) is 5.39 Å². The molecule has 0 saturated carbocycles. The Balaban J connectivity index is 2.61. The van der Waals surface area contributed by atoms with Gasteiger partial charge in [-0.2, -0.15) is 4.37 Å². The van der Waals surface area contributed by atoms with Crippen molar-refractivity contribution in [3.63, 3.8) is 0 Å². The fraction of sp³-hybridized carbons (Fsp3) is 0.273. The maximum Gasteiger partial charge on any atom is 0.356 e. The van der Waals surface area contributed by atoms with E-state index in [-0.39, 0.29) is 5.69 Å². The molecule has 1 aromatic heterocycles. The van der Waals surface area contributed by atoms with Crippen LogP contribution in [0.2, 0.25) is 0 Å². The Kier molecular flexibility index (Phi) is 2.44. The summed E-state index contributed by atoms with van der Waals surface area (Å²) >= 11 is 1.24. The number of fused-ring (bicyclic) bond motifs is 1. The summed E-state index contributed by atoms with van der Waals surface area (Å²) in [6.07, 6.45) is 0. The molecule has 0 aliphatic carbocycles. The average Bonchev–Trinajstić information content (AvgIpc) is 2.59. The molecule has 0 atom stereocenters. The molecule has 2 rings (SSSR count). The van der Waals surface area contributed by atoms with Gasteiger partial charge in [0.15, 0.2) is 5.69 Å². The van der Waals surface area contributed by atoms with Gasteiger partial charge < -0.3 is 5.11 Å². The maximum absolute atomic E-state index is 10.8. The van der Waals surface area contributed by atoms with Crippen LogP contribution in [0.25, 0.3) is 10.1 Å². The molecule has 15 heavy (non-hydrogen) atoms. The van der Waals surface area contributed by atoms with Crippen molar-refractivity contribution in [2.24, 2.45) is 0 Å². The van der Waals surface area contributed by atoms with Gasteiger partial charge in [0.05, 0.1) is 4.70 Å². The highest BCUT2D eigenvalue weighted by molar-refractivity contribution is 7.13. The summed E-state index contributed by atoms with van der Waals surface area (Å²) in [5.41, 5.74) is 1.37. The van der Waals surface area contributed by atoms with Gasteiger partial charge in [0.25, 0.3) is 0 Å². The zero-order valence-corrected chi connectivity index (χ0v) is 9.34. The first-order valence-electron chi connectivity index (χ1n) is 4.72. The lowest BCUT2D eigenvalue weighted by atomic mass is 10.0. The summed E-state index contributed by atoms with van der Waals surface area (Å²) in [6.45, 7) is 4.22. The van der Waals surface area contributed by atoms with Gasteiger partial charge in [-0.15, -0.1) is 0 Å². The fourth-order valence-electron chi connectivity index (χ4n) is 1.47. The first kappa shape index (κ1) is 10.1. The van der Waals surface area contributed by atoms with Crippen LogP contribution in [0.15, 0.2) is 18.2 Å². The summed E-state index contributed by atoms with van der Waals surface area (Å²) in [5.74, 6) is -0.511. The van der Waals surface area contributed by atoms with Gasteiger partial charge >= 0.3 is 5.97 Å². The number of nitrogens with zero attached hydrogens (tertiary/aromatic N) is 1. The van der Waals surface area contributed by atoms with Gasteiger partial charge in [0.2, 0.25) is 0 Å². The predicted molar refractivity (Wildman–Crippen MR) is 60.7 cm³/mol. The number of benzene rings is 1. The van der Waals surface area contributed by atoms with Crippen molar-refractivity contribution in [3.05, 3.63) is 29.5 Å². The lowest BCUT2D eigenvalue weighted by Crippen LogP contribution is -1.96. The Bertz CT molecular complexity index is 516. The molecule has 0 aliphatic rings. The van der Waals surface area contributed by atoms with Crippen molar-refractivity contribution in [2.45, 2.75) is 19.8 Å². The van der Waals surface area contributed by atoms with Crippen LogP contribution in [0.4, 0.5) is 0 Å². The largest absolute Gasteiger partial charge is 0.476 e. The van der Waals surface area contributed by atoms with E-state index in [4.69, 9.17) is 5.11 Å². The number of aromatic carboxylic acids is 1. The number of carbonyl (C=O) groups is 1. The van der Waals surface area contributed by atoms with E-state index in [0.717, 1.165) is 10.1 Å². The molecule has 4 heteroatoms. The van der Waals surface area contributed by atoms with Gasteiger partial charge in [-0.1, -0.05) is 26.0 Å². The summed E-state index contributed by atoms with van der Waals surface area (Å²) < 4.78 is 4.88. The quantitative estimate of drug-likeness (QED) is 0.847. The molecule has 0 spiro atoms. The lowest BCUT2D eigenvalue weighted by molar-refractivity contribution is 0.0694. The van der Waals surface area contributed by atoms with Gasteiger partial charge in [-0.05, 0) is 29.1 Å². The monoisotopic (exact) mass is 221 g/mol. The van der Waals surface area contributed by atoms with Crippen molar-refractivity contribution in [1.82, 2.24) is 4.37 Å². The number of hydrogen-bond donors (Lipinski definition) is 1. The summed E-state index contributed by atoms with van der Waals surface area (Å²) in [7, 11) is 0. The molecule has 0 amide bonds. The smallest absolute Gasteiger partial charge is 0.356 e. The Labute approximate surface area is 91.5 Å². The molecular formula is C11H11NO2S. The number of rotatable bonds is 2. The minimum atomic E-state index is -0.960. The predicted octanol–water partition coefficient (Wildman–Crippen LogP) is 3.12. The van der Waals surface area contributed by atoms with Gasteiger partial charge in [-0.3, -0.25) is 0 Å². The second-order valence-electron chi connectivity index (χ2n) is 3.75. The fourth-order valence-corrected chi connectivity index (χ4v) is 2.29. The molecule has 1 aromatic carbocycles. The number of aromatic nitrogens is 1. The molecule has 0 unspecified atom stereocenters. The Morgan fingerprint density at radius 3 is 2.80 bits per heavy atom. The zero-order chi connectivity index (χ0) is 11.0. The highest BCUT2D eigenvalue weighted by atomic mass is 32.1. The molecule has 78 valence electrons. The van der Waals surface area contributed by atoms with Crippen LogP contribution >= 0.6 is 11.5 Å². The van der Waals surface area contributed by atoms with Crippen LogP contribution in [-0.2, 0) is 0 Å². The van der Waals surface area contributed by atoms with E-state index in [2.05, 4.69) is 18.2 Å². The Morgan fingerprint density at radius 1 is 1.47 bits per heavy atom. The zero-order valence-electron chi connectivity index (χ0n) is 8.52. The van der Waals surface area contributed by atoms with E-state index in [0.29, 0.717) is 5.92 Å². The number of carboxylic acid groups (broad SMARTS) is 1. The van der Waals surface area contributed by atoms with Crippen LogP contribution in [0.1, 0.15) is 35.8 Å². The van der Waals surface area contributed by atoms with E-state index < -0.39 is 5.97 Å². The molecule has 2 aromatic rings. The molecule has 1 heterocycles. The molecule has 0 radical (unpaired) electrons. The minimum absolute atomic E-state index is 0.158. The van der Waals surface area contributed by atoms with Gasteiger partial charge in [0.1, 0.15) is 0 Å². The third-order valence-electron chi connectivity index (χ3n) is 2.37. The molecule has 0 saturated heterocycles. The van der Waals surface area contributed by atoms with Crippen LogP contribution in [0.5, 0.6) is 0 Å². The van der Waals surface area contributed by atoms with Crippen LogP contribution in [-0.4, -0.2) is 15.4 Å². The van der Waals surface area contributed by atoms with Crippen molar-refractivity contribution in [2.75, 3.05) is 0 Å². The third kappa shape index (κ3) is 1.72. The highest BCUT2D eigenvalue weighted by Gasteiger charge is 2.13. The molecule has 0 bridgehead atoms. The lowest BCUT2D eigenvalue weighted by Gasteiger charge is -2.03. The summed E-state index contributed by atoms with van der Waals surface area (Å²) in [5, 5.41) is 9.63. The van der Waals surface area contributed by atoms with E-state index in [1.165, 1.54) is 17.1 Å². The van der Waals surface area contributed by atoms with Crippen LogP contribution in [0, 0.1) is 0 Å². The Morgan fingerprint density at radius 2 is 2.20 bits per heavy atom. The SMILES string of the molecule is CC(C)c1ccc2c(C(=O)O)nsc2c1. The number of hydrogen-bond acceptors (Lipinski definition) is 3. The van der Waals surface area contributed by atoms with E-state index in [1.54, 1.807) is 0 Å². The first-order chi connectivity index (χ1) is 7.09. The standard InChI is InChI=1S/C11H11NO2S/c1-6(2)7-3-4-8-9(5-7)15-12-10(8)11(13)14/h3-6H,1-2H3,(H,13,14). The average molecular weight is 221 g/mol. The van der Waals surface area contributed by atoms with E-state index >= 15 is 0 Å². The Hall–Kier alpha value is -1.42. The van der Waals surface area contributed by atoms with Crippen LogP contribution in [0.3, 0.4) is 0 Å². The minimum Gasteiger partial charge on any atom is -0.476 e. The van der Waals surface area contributed by atoms with E-state index in [1.807, 2.05) is 18.2 Å².